The molecule has 380 valence electrons. The second-order valence-electron chi connectivity index (χ2n) is 17.2. The molecule has 0 aliphatic rings. The summed E-state index contributed by atoms with van der Waals surface area (Å²) in [6.07, 6.45) is 21.2. The second kappa shape index (κ2) is 36.6. The van der Waals surface area contributed by atoms with E-state index in [-0.39, 0.29) is 98.2 Å². The van der Waals surface area contributed by atoms with E-state index in [0.717, 1.165) is 19.4 Å². The maximum Gasteiger partial charge on any atom is 0.502 e. The highest BCUT2D eigenvalue weighted by Gasteiger charge is 2.42. The molecule has 4 N–H and O–H groups in total. The monoisotopic (exact) mass is 988 g/mol. The predicted molar refractivity (Wildman–Crippen MR) is 246 cm³/mol. The van der Waals surface area contributed by atoms with E-state index < -0.39 is 56.4 Å². The molecule has 1 atom stereocenters. The fraction of sp³-hybridized carbons (Fsp3) is 1.00. The van der Waals surface area contributed by atoms with Crippen LogP contribution in [0.5, 0.6) is 0 Å². The molecule has 0 aromatic heterocycles. The van der Waals surface area contributed by atoms with E-state index in [2.05, 4.69) is 21.0 Å². The van der Waals surface area contributed by atoms with Crippen LogP contribution in [0.25, 0.3) is 0 Å². The molecule has 0 saturated carbocycles. The molecule has 0 aromatic rings. The fourth-order valence-electron chi connectivity index (χ4n) is 7.18. The number of aliphatic hydroxyl groups is 3. The summed E-state index contributed by atoms with van der Waals surface area (Å²) in [4.78, 5) is 4.55. The number of hydrogen-bond acceptors (Lipinski definition) is 17. The average Bonchev–Trinajstić information content (AvgIpc) is 3.18. The molecule has 1 unspecified atom stereocenters. The SMILES string of the molecule is CCCCCCCCCCCCCCCCCC[N+](C)(C)CCC[Si](OCCN(CCO)CCS(=O)(=O)[O-])(OCCN(CCO)CCS(=O)(=O)O)OCN(CCO)CCS(=O)(=O)[O-]. The van der Waals surface area contributed by atoms with Gasteiger partial charge in [0.05, 0.1) is 104 Å². The van der Waals surface area contributed by atoms with Gasteiger partial charge in [0.25, 0.3) is 10.1 Å². The van der Waals surface area contributed by atoms with E-state index in [1.165, 1.54) is 94.8 Å². The van der Waals surface area contributed by atoms with Crippen molar-refractivity contribution < 1.29 is 72.0 Å². The molecule has 0 spiro atoms. The van der Waals surface area contributed by atoms with Gasteiger partial charge < -0.3 is 42.2 Å². The van der Waals surface area contributed by atoms with Gasteiger partial charge in [0, 0.05) is 64.8 Å². The van der Waals surface area contributed by atoms with E-state index >= 15 is 0 Å². The van der Waals surface area contributed by atoms with Crippen molar-refractivity contribution in [3.05, 3.63) is 0 Å². The summed E-state index contributed by atoms with van der Waals surface area (Å²) in [5.74, 6) is -1.99. The van der Waals surface area contributed by atoms with Crippen LogP contribution in [0.1, 0.15) is 116 Å². The number of unbranched alkanes of at least 4 members (excludes halogenated alkanes) is 15. The Labute approximate surface area is 383 Å². The molecule has 63 heavy (non-hydrogen) atoms. The Kier molecular flexibility index (Phi) is 36.3. The van der Waals surface area contributed by atoms with Crippen molar-refractivity contribution in [1.82, 2.24) is 14.7 Å². The summed E-state index contributed by atoms with van der Waals surface area (Å²) in [5.41, 5.74) is 0. The van der Waals surface area contributed by atoms with Crippen LogP contribution in [0.15, 0.2) is 0 Å². The molecule has 0 amide bonds. The largest absolute Gasteiger partial charge is 0.748 e. The summed E-state index contributed by atoms with van der Waals surface area (Å²) < 4.78 is 121. The minimum atomic E-state index is -4.60. The lowest BCUT2D eigenvalue weighted by molar-refractivity contribution is -0.890. The molecule has 0 fully saturated rings. The lowest BCUT2D eigenvalue weighted by Gasteiger charge is -2.35. The Balaban J connectivity index is 5.75. The number of nitrogens with zero attached hydrogens (tertiary/aromatic N) is 4. The zero-order valence-electron chi connectivity index (χ0n) is 39.0. The first kappa shape index (κ1) is 62.5. The van der Waals surface area contributed by atoms with Crippen LogP contribution in [0, 0.1) is 0 Å². The summed E-state index contributed by atoms with van der Waals surface area (Å²) in [7, 11) is -13.0. The maximum atomic E-state index is 11.5. The van der Waals surface area contributed by atoms with Gasteiger partial charge in [0.15, 0.2) is 0 Å². The Bertz CT molecular complexity index is 1380. The highest BCUT2D eigenvalue weighted by molar-refractivity contribution is 7.86. The van der Waals surface area contributed by atoms with E-state index in [4.69, 9.17) is 13.3 Å². The number of aliphatic hydroxyl groups excluding tert-OH is 3. The van der Waals surface area contributed by atoms with Crippen LogP contribution < -0.4 is 0 Å². The summed E-state index contributed by atoms with van der Waals surface area (Å²) in [6.45, 7) is 2.26. The molecule has 0 heterocycles. The van der Waals surface area contributed by atoms with Crippen molar-refractivity contribution in [3.63, 3.8) is 0 Å². The average molecular weight is 988 g/mol. The Morgan fingerprint density at radius 2 is 0.857 bits per heavy atom. The predicted octanol–water partition coefficient (Wildman–Crippen LogP) is 2.52. The smallest absolute Gasteiger partial charge is 0.502 e. The van der Waals surface area contributed by atoms with Crippen LogP contribution >= 0.6 is 0 Å². The van der Waals surface area contributed by atoms with Crippen LogP contribution in [0.4, 0.5) is 0 Å². The summed E-state index contributed by atoms with van der Waals surface area (Å²) >= 11 is 0. The van der Waals surface area contributed by atoms with E-state index in [1.807, 2.05) is 0 Å². The first-order valence-electron chi connectivity index (χ1n) is 23.2. The minimum Gasteiger partial charge on any atom is -0.748 e. The Hall–Kier alpha value is -0.453. The number of hydrogen-bond donors (Lipinski definition) is 4. The van der Waals surface area contributed by atoms with Gasteiger partial charge in [0.1, 0.15) is 0 Å². The Morgan fingerprint density at radius 1 is 0.492 bits per heavy atom. The molecule has 0 rings (SSSR count). The van der Waals surface area contributed by atoms with E-state index in [1.54, 1.807) is 9.80 Å². The van der Waals surface area contributed by atoms with Crippen LogP contribution in [-0.2, 0) is 43.6 Å². The molecule has 23 heteroatoms. The van der Waals surface area contributed by atoms with Crippen molar-refractivity contribution in [2.45, 2.75) is 122 Å². The highest BCUT2D eigenvalue weighted by Crippen LogP contribution is 2.22. The first-order valence-corrected chi connectivity index (χ1v) is 29.9. The minimum absolute atomic E-state index is 0.0307. The lowest BCUT2D eigenvalue weighted by Crippen LogP contribution is -2.52. The van der Waals surface area contributed by atoms with Crippen molar-refractivity contribution >= 4 is 39.2 Å². The van der Waals surface area contributed by atoms with Gasteiger partial charge >= 0.3 is 8.80 Å². The number of quaternary nitrogens is 1. The third-order valence-electron chi connectivity index (χ3n) is 11.0. The zero-order chi connectivity index (χ0) is 47.5. The van der Waals surface area contributed by atoms with Gasteiger partial charge in [-0.2, -0.15) is 8.42 Å². The van der Waals surface area contributed by atoms with Crippen LogP contribution in [-0.4, -0.2) is 219 Å². The maximum absolute atomic E-state index is 11.5. The lowest BCUT2D eigenvalue weighted by atomic mass is 10.0. The van der Waals surface area contributed by atoms with Gasteiger partial charge in [-0.1, -0.05) is 96.8 Å². The van der Waals surface area contributed by atoms with Gasteiger partial charge in [-0.15, -0.1) is 0 Å². The first-order chi connectivity index (χ1) is 29.7. The molecule has 0 saturated heterocycles. The molecule has 0 aliphatic carbocycles. The van der Waals surface area contributed by atoms with Crippen molar-refractivity contribution in [2.24, 2.45) is 0 Å². The van der Waals surface area contributed by atoms with Crippen molar-refractivity contribution in [3.8, 4) is 0 Å². The van der Waals surface area contributed by atoms with Crippen molar-refractivity contribution in [2.75, 3.05) is 137 Å². The van der Waals surface area contributed by atoms with E-state index in [9.17, 15) is 54.2 Å². The van der Waals surface area contributed by atoms with E-state index in [0.29, 0.717) is 17.4 Å². The molecule has 0 radical (unpaired) electrons. The Morgan fingerprint density at radius 3 is 1.25 bits per heavy atom. The topological polar surface area (TPSA) is 267 Å². The van der Waals surface area contributed by atoms with Gasteiger partial charge in [-0.3, -0.25) is 19.3 Å². The molecule has 0 aliphatic heterocycles. The second-order valence-corrected chi connectivity index (χ2v) is 24.6. The summed E-state index contributed by atoms with van der Waals surface area (Å²) in [6, 6.07) is 0.264. The van der Waals surface area contributed by atoms with Gasteiger partial charge in [-0.25, -0.2) is 16.8 Å². The van der Waals surface area contributed by atoms with Crippen molar-refractivity contribution in [1.29, 1.82) is 0 Å². The molecule has 0 bridgehead atoms. The van der Waals surface area contributed by atoms with Crippen LogP contribution in [0.3, 0.4) is 0 Å². The van der Waals surface area contributed by atoms with Gasteiger partial charge in [0.2, 0.25) is 0 Å². The third kappa shape index (κ3) is 40.3. The normalized spacial score (nSPS) is 14.1. The number of rotatable bonds is 47. The molecular weight excluding hydrogens is 901 g/mol. The molecular formula is C40H87N4O15S3Si-. The highest BCUT2D eigenvalue weighted by atomic mass is 32.2. The quantitative estimate of drug-likeness (QED) is 0.0224. The summed E-state index contributed by atoms with van der Waals surface area (Å²) in [5, 5.41) is 28.9. The third-order valence-corrected chi connectivity index (χ3v) is 15.9. The van der Waals surface area contributed by atoms with Gasteiger partial charge in [-0.05, 0) is 12.8 Å². The fourth-order valence-corrected chi connectivity index (χ4v) is 11.1. The molecule has 0 aromatic carbocycles. The standard InChI is InChI=1S/C40H88N4O15S3Si/c1-4-5-6-7-8-9-10-11-12-13-14-15-16-17-18-19-29-44(2,3)30-20-39-63(59-40-43(23-33-47)28-38-62(54,55)56,57-34-24-41(21-31-45)26-36-60(48,49)50)58-35-25-42(22-32-46)27-37-61(51,52)53/h45-47H,4-40H2,1-3H3,(H2-,48,49,50,51,52,53,54,55,56)/p-1. The van der Waals surface area contributed by atoms with Crippen LogP contribution in [0.2, 0.25) is 6.04 Å². The molecule has 19 nitrogen and oxygen atoms in total. The zero-order valence-corrected chi connectivity index (χ0v) is 42.4.